The molecule has 0 saturated carbocycles. The van der Waals surface area contributed by atoms with Gasteiger partial charge in [0.15, 0.2) is 28.6 Å². The molecule has 5 saturated heterocycles. The first-order chi connectivity index (χ1) is 59.6. The Morgan fingerprint density at radius 3 is 1.20 bits per heavy atom. The summed E-state index contributed by atoms with van der Waals surface area (Å²) in [4.78, 5) is 133. The minimum absolute atomic E-state index is 0.0103. The van der Waals surface area contributed by atoms with E-state index in [1.165, 1.54) is 56.2 Å². The monoisotopic (exact) mass is 1730 g/mol. The zero-order valence-electron chi connectivity index (χ0n) is 72.4. The number of fused-ring (bicyclic) bond motifs is 6. The molecule has 5 aliphatic rings. The second kappa shape index (κ2) is 35.9. The van der Waals surface area contributed by atoms with Crippen molar-refractivity contribution >= 4 is 91.5 Å². The van der Waals surface area contributed by atoms with Crippen molar-refractivity contribution in [2.75, 3.05) is 54.0 Å². The number of piperazine rings is 3. The molecule has 24 nitrogen and oxygen atoms in total. The van der Waals surface area contributed by atoms with Crippen molar-refractivity contribution in [3.05, 3.63) is 263 Å². The first kappa shape index (κ1) is 88.6. The fourth-order valence-corrected chi connectivity index (χ4v) is 18.2. The third-order valence-electron chi connectivity index (χ3n) is 23.9. The normalized spacial score (nSPS) is 17.6. The number of piperidine rings is 2. The van der Waals surface area contributed by atoms with Crippen LogP contribution in [0.5, 0.6) is 0 Å². The van der Waals surface area contributed by atoms with Crippen LogP contribution in [0.4, 0.5) is 35.0 Å². The molecule has 12 aromatic rings. The first-order valence-corrected chi connectivity index (χ1v) is 42.5. The summed E-state index contributed by atoms with van der Waals surface area (Å²) < 4.78 is 64.7. The van der Waals surface area contributed by atoms with Crippen LogP contribution in [0.1, 0.15) is 145 Å². The number of hydrogen-bond donors (Lipinski definition) is 0. The minimum Gasteiger partial charge on any atom is -0.349 e. The third kappa shape index (κ3) is 16.6. The number of carbonyl (C=O) groups is 3. The molecule has 3 amide bonds. The third-order valence-corrected chi connectivity index (χ3v) is 24.5. The Balaban J connectivity index is 0.000000152. The largest absolute Gasteiger partial charge is 0.355 e. The Morgan fingerprint density at radius 1 is 0.408 bits per heavy atom. The van der Waals surface area contributed by atoms with Gasteiger partial charge in [0, 0.05) is 111 Å². The van der Waals surface area contributed by atoms with Gasteiger partial charge in [0.2, 0.25) is 17.7 Å². The highest BCUT2D eigenvalue weighted by molar-refractivity contribution is 6.34. The topological polar surface area (TPSA) is 253 Å². The van der Waals surface area contributed by atoms with Gasteiger partial charge in [-0.1, -0.05) is 121 Å². The molecule has 5 aliphatic heterocycles. The summed E-state index contributed by atoms with van der Waals surface area (Å²) >= 11 is 13.5. The van der Waals surface area contributed by atoms with E-state index in [0.717, 1.165) is 58.1 Å². The van der Waals surface area contributed by atoms with E-state index in [2.05, 4.69) is 54.5 Å². The van der Waals surface area contributed by atoms with Crippen LogP contribution in [-0.4, -0.2) is 166 Å². The van der Waals surface area contributed by atoms with Gasteiger partial charge < -0.3 is 29.4 Å². The van der Waals surface area contributed by atoms with E-state index < -0.39 is 40.3 Å². The number of rotatable bonds is 15. The van der Waals surface area contributed by atoms with E-state index in [9.17, 15) is 41.9 Å². The minimum atomic E-state index is -1.10. The smallest absolute Gasteiger partial charge is 0.349 e. The summed E-state index contributed by atoms with van der Waals surface area (Å²) in [6.45, 7) is 42.8. The van der Waals surface area contributed by atoms with Gasteiger partial charge in [-0.3, -0.25) is 29.3 Å². The van der Waals surface area contributed by atoms with Crippen LogP contribution >= 0.6 is 23.2 Å². The molecule has 0 N–H and O–H groups in total. The van der Waals surface area contributed by atoms with E-state index >= 15 is 4.39 Å². The number of halogens is 6. The molecule has 17 rings (SSSR count). The lowest BCUT2D eigenvalue weighted by Crippen LogP contribution is -2.64. The maximum atomic E-state index is 16.1. The Hall–Kier alpha value is -12.7. The highest BCUT2D eigenvalue weighted by atomic mass is 35.5. The van der Waals surface area contributed by atoms with Gasteiger partial charge in [-0.2, -0.15) is 15.0 Å². The number of pyridine rings is 6. The number of anilines is 3. The van der Waals surface area contributed by atoms with Crippen LogP contribution in [0.2, 0.25) is 10.0 Å². The van der Waals surface area contributed by atoms with E-state index in [1.54, 1.807) is 64.8 Å². The summed E-state index contributed by atoms with van der Waals surface area (Å²) in [6, 6.07) is 25.2. The number of carbonyl (C=O) groups excluding carboxylic acids is 3. The molecule has 2 bridgehead atoms. The van der Waals surface area contributed by atoms with Crippen molar-refractivity contribution in [2.24, 2.45) is 0 Å². The van der Waals surface area contributed by atoms with E-state index in [4.69, 9.17) is 38.2 Å². The van der Waals surface area contributed by atoms with E-state index in [-0.39, 0.29) is 116 Å². The molecular formula is C95H98Cl2F4N18O6. The molecule has 0 aliphatic carbocycles. The van der Waals surface area contributed by atoms with Crippen LogP contribution in [0.15, 0.2) is 168 Å². The second-order valence-corrected chi connectivity index (χ2v) is 34.3. The van der Waals surface area contributed by atoms with Gasteiger partial charge in [-0.15, -0.1) is 0 Å². The summed E-state index contributed by atoms with van der Waals surface area (Å²) in [7, 11) is 0. The molecule has 646 valence electrons. The lowest BCUT2D eigenvalue weighted by atomic mass is 9.90. The fourth-order valence-electron chi connectivity index (χ4n) is 17.7. The van der Waals surface area contributed by atoms with Crippen LogP contribution in [0.25, 0.3) is 83.9 Å². The van der Waals surface area contributed by atoms with Crippen LogP contribution in [0, 0.1) is 57.9 Å². The molecular weight excluding hydrogens is 1640 g/mol. The molecule has 9 aromatic heterocycles. The fraction of sp³-hybridized carbons (Fsp3) is 0.337. The molecule has 6 unspecified atom stereocenters. The predicted octanol–water partition coefficient (Wildman–Crippen LogP) is 16.9. The maximum absolute atomic E-state index is 16.1. The highest BCUT2D eigenvalue weighted by Gasteiger charge is 2.43. The number of benzene rings is 3. The molecule has 125 heavy (non-hydrogen) atoms. The van der Waals surface area contributed by atoms with E-state index in [1.807, 2.05) is 149 Å². The van der Waals surface area contributed by atoms with Crippen molar-refractivity contribution in [2.45, 2.75) is 171 Å². The Kier molecular flexibility index (Phi) is 25.4. The molecule has 0 radical (unpaired) electrons. The number of hydrogen-bond acceptors (Lipinski definition) is 18. The van der Waals surface area contributed by atoms with Gasteiger partial charge in [0.1, 0.15) is 34.8 Å². The first-order valence-electron chi connectivity index (χ1n) is 41.7. The van der Waals surface area contributed by atoms with Gasteiger partial charge in [0.05, 0.1) is 71.7 Å². The predicted molar refractivity (Wildman–Crippen MR) is 483 cm³/mol. The summed E-state index contributed by atoms with van der Waals surface area (Å²) in [6.07, 6.45) is 10.8. The Labute approximate surface area is 731 Å². The number of aromatic nitrogens is 12. The van der Waals surface area contributed by atoms with Crippen LogP contribution in [-0.2, 0) is 14.4 Å². The zero-order chi connectivity index (χ0) is 89.9. The molecule has 6 atom stereocenters. The van der Waals surface area contributed by atoms with Crippen LogP contribution in [0.3, 0.4) is 0 Å². The lowest BCUT2D eigenvalue weighted by molar-refractivity contribution is -0.131. The van der Waals surface area contributed by atoms with Crippen molar-refractivity contribution in [1.29, 1.82) is 0 Å². The summed E-state index contributed by atoms with van der Waals surface area (Å²) in [5, 5.41) is 1.74. The van der Waals surface area contributed by atoms with Gasteiger partial charge in [0.25, 0.3) is 0 Å². The zero-order valence-corrected chi connectivity index (χ0v) is 74.0. The van der Waals surface area contributed by atoms with Gasteiger partial charge in [-0.05, 0) is 200 Å². The van der Waals surface area contributed by atoms with Crippen molar-refractivity contribution in [3.63, 3.8) is 0 Å². The standard InChI is InChI=1S/C33H37FN6O2.C31H31ClF2N6O2.C31H30ClFN6O2/c1-9-26(41)38-16-23(8)39(17-22(38)7)31-24-15-25(34)29(27-19(4)11-10-12-20(27)5)36-32(24)40(33(42)37-31)30-21(6)13-14-35-28(30)18(2)3;1-7-24(41)38-14-19(6)39(15-18(38)5)29-21-13-22(32)27(20-9-8-10-23(33)25(20)34)36-30(21)40(31(42)37-29)28-17(4)11-12-35-26(28)16(2)3;1-5-25(40)37-15-20-11-10-19(37)16-38(20)29-22-14-23(32)27(21-8-6-7-9-24(21)33)35-30(22)39(31(41)36-29)28-18(4)12-13-34-26(28)17(2)3/h9-15,18,22-23H,1,16-17H2,2-8H3;7-13,16,18-19H,1,14-15H2,2-6H3;5-9,12-14,17,19-20H,1,10-11,15-16H2,2-4H3. The molecule has 0 spiro atoms. The van der Waals surface area contributed by atoms with Crippen molar-refractivity contribution in [3.8, 4) is 50.8 Å². The number of nitrogens with zero attached hydrogens (tertiary/aromatic N) is 18. The number of amides is 3. The summed E-state index contributed by atoms with van der Waals surface area (Å²) in [5.41, 5.74) is 8.40. The van der Waals surface area contributed by atoms with Crippen molar-refractivity contribution in [1.82, 2.24) is 73.3 Å². The van der Waals surface area contributed by atoms with E-state index in [0.29, 0.717) is 112 Å². The molecule has 5 fully saturated rings. The SMILES string of the molecule is C=CC(=O)N1CC(C)N(c2nc(=O)n(-c3c(C)ccnc3C(C)C)c3nc(-c4c(C)cccc4C)c(F)cc23)CC1C.C=CC(=O)N1CC(C)N(c2nc(=O)n(-c3c(C)ccnc3C(C)C)c3nc(-c4cccc(F)c4F)c(Cl)cc23)CC1C.C=CC(=O)N1CC2CCC1CN2c1nc(=O)n(-c2c(C)ccnc2C(C)C)c2nc(-c3ccccc3F)c(Cl)cc12. The van der Waals surface area contributed by atoms with Gasteiger partial charge in [-0.25, -0.2) is 60.6 Å². The molecule has 30 heteroatoms. The second-order valence-electron chi connectivity index (χ2n) is 33.4. The van der Waals surface area contributed by atoms with Crippen molar-refractivity contribution < 1.29 is 31.9 Å². The highest BCUT2D eigenvalue weighted by Crippen LogP contribution is 2.43. The molecule has 14 heterocycles. The lowest BCUT2D eigenvalue weighted by Gasteiger charge is -2.51. The van der Waals surface area contributed by atoms with Crippen LogP contribution < -0.4 is 31.8 Å². The Bertz CT molecular complexity index is 6550. The maximum Gasteiger partial charge on any atom is 0.355 e. The summed E-state index contributed by atoms with van der Waals surface area (Å²) in [5.74, 6) is -2.41. The number of aryl methyl sites for hydroxylation is 5. The quantitative estimate of drug-likeness (QED) is 0.0683. The average Bonchev–Trinajstić information content (AvgIpc) is 0.738. The van der Waals surface area contributed by atoms with Gasteiger partial charge >= 0.3 is 17.1 Å². The Morgan fingerprint density at radius 2 is 0.784 bits per heavy atom. The average molecular weight is 1730 g/mol. The molecule has 3 aromatic carbocycles.